The number of carbonyl (C=O) groups is 1. The molecule has 0 saturated carbocycles. The molecule has 0 aliphatic heterocycles. The Morgan fingerprint density at radius 3 is 2.93 bits per heavy atom. The molecule has 0 saturated heterocycles. The zero-order valence-corrected chi connectivity index (χ0v) is 8.27. The molecule has 0 aliphatic carbocycles. The maximum Gasteiger partial charge on any atom is 0.123 e. The minimum absolute atomic E-state index is 0.490. The number of hydrogen-bond donors (Lipinski definition) is 0. The molecule has 0 bridgehead atoms. The van der Waals surface area contributed by atoms with Gasteiger partial charge >= 0.3 is 0 Å². The van der Waals surface area contributed by atoms with Crippen molar-refractivity contribution >= 4 is 6.29 Å². The van der Waals surface area contributed by atoms with E-state index in [0.717, 1.165) is 18.5 Å². The quantitative estimate of drug-likeness (QED) is 0.526. The highest BCUT2D eigenvalue weighted by Gasteiger charge is 1.92. The molecule has 0 N–H and O–H groups in total. The van der Waals surface area contributed by atoms with Gasteiger partial charge in [0.25, 0.3) is 0 Å². The van der Waals surface area contributed by atoms with Crippen molar-refractivity contribution in [2.45, 2.75) is 12.8 Å². The van der Waals surface area contributed by atoms with Crippen LogP contribution in [0.2, 0.25) is 0 Å². The molecule has 2 nitrogen and oxygen atoms in total. The molecule has 0 heterocycles. The lowest BCUT2D eigenvalue weighted by Crippen LogP contribution is -1.85. The first kappa shape index (κ1) is 10.5. The van der Waals surface area contributed by atoms with E-state index >= 15 is 0 Å². The van der Waals surface area contributed by atoms with Crippen LogP contribution in [0.5, 0.6) is 5.75 Å². The Kier molecular flexibility index (Phi) is 4.48. The molecular weight excluding hydrogens is 176 g/mol. The number of ether oxygens (including phenoxy) is 1. The summed E-state index contributed by atoms with van der Waals surface area (Å²) in [4.78, 5) is 10.0. The summed E-state index contributed by atoms with van der Waals surface area (Å²) in [7, 11) is 1.65. The van der Waals surface area contributed by atoms with Crippen molar-refractivity contribution in [2.24, 2.45) is 0 Å². The first-order valence-corrected chi connectivity index (χ1v) is 4.58. The molecule has 0 unspecified atom stereocenters. The van der Waals surface area contributed by atoms with Crippen molar-refractivity contribution in [2.75, 3.05) is 7.11 Å². The maximum absolute atomic E-state index is 10.0. The number of benzene rings is 1. The predicted octanol–water partition coefficient (Wildman–Crippen LogP) is 2.38. The van der Waals surface area contributed by atoms with Crippen molar-refractivity contribution in [3.8, 4) is 5.75 Å². The van der Waals surface area contributed by atoms with Gasteiger partial charge in [-0.1, -0.05) is 24.3 Å². The van der Waals surface area contributed by atoms with Crippen LogP contribution in [-0.2, 0) is 11.2 Å². The highest BCUT2D eigenvalue weighted by atomic mass is 16.5. The van der Waals surface area contributed by atoms with E-state index in [-0.39, 0.29) is 0 Å². The first-order chi connectivity index (χ1) is 6.86. The number of aldehydes is 1. The lowest BCUT2D eigenvalue weighted by Gasteiger charge is -2.01. The summed E-state index contributed by atoms with van der Waals surface area (Å²) < 4.78 is 5.10. The topological polar surface area (TPSA) is 26.3 Å². The van der Waals surface area contributed by atoms with E-state index in [0.29, 0.717) is 6.42 Å². The van der Waals surface area contributed by atoms with Crippen LogP contribution in [-0.4, -0.2) is 13.4 Å². The van der Waals surface area contributed by atoms with Crippen molar-refractivity contribution in [3.05, 3.63) is 42.0 Å². The SMILES string of the molecule is COc1cccc(C/C=C\CC=O)c1. The van der Waals surface area contributed by atoms with Gasteiger partial charge < -0.3 is 9.53 Å². The van der Waals surface area contributed by atoms with Crippen LogP contribution in [0.25, 0.3) is 0 Å². The standard InChI is InChI=1S/C12H14O2/c1-14-12-8-5-7-11(10-12)6-3-2-4-9-13/h2-3,5,7-10H,4,6H2,1H3/b3-2-. The zero-order valence-electron chi connectivity index (χ0n) is 8.27. The molecule has 1 aromatic carbocycles. The van der Waals surface area contributed by atoms with Gasteiger partial charge in [-0.25, -0.2) is 0 Å². The number of rotatable bonds is 5. The third-order valence-corrected chi connectivity index (χ3v) is 1.89. The third-order valence-electron chi connectivity index (χ3n) is 1.89. The smallest absolute Gasteiger partial charge is 0.123 e. The molecule has 0 fully saturated rings. The zero-order chi connectivity index (χ0) is 10.2. The Morgan fingerprint density at radius 2 is 2.21 bits per heavy atom. The van der Waals surface area contributed by atoms with Gasteiger partial charge in [0, 0.05) is 6.42 Å². The van der Waals surface area contributed by atoms with Gasteiger partial charge in [0.15, 0.2) is 0 Å². The second-order valence-electron chi connectivity index (χ2n) is 2.93. The first-order valence-electron chi connectivity index (χ1n) is 4.58. The van der Waals surface area contributed by atoms with Crippen LogP contribution in [0.1, 0.15) is 12.0 Å². The molecule has 2 heteroatoms. The average Bonchev–Trinajstić information content (AvgIpc) is 2.25. The Hall–Kier alpha value is -1.57. The minimum Gasteiger partial charge on any atom is -0.497 e. The van der Waals surface area contributed by atoms with Crippen molar-refractivity contribution < 1.29 is 9.53 Å². The van der Waals surface area contributed by atoms with E-state index < -0.39 is 0 Å². The molecule has 0 atom stereocenters. The van der Waals surface area contributed by atoms with Crippen molar-refractivity contribution in [1.29, 1.82) is 0 Å². The van der Waals surface area contributed by atoms with E-state index in [9.17, 15) is 4.79 Å². The van der Waals surface area contributed by atoms with Gasteiger partial charge in [0.1, 0.15) is 12.0 Å². The number of hydrogen-bond acceptors (Lipinski definition) is 2. The van der Waals surface area contributed by atoms with E-state index in [1.165, 1.54) is 5.56 Å². The highest BCUT2D eigenvalue weighted by molar-refractivity contribution is 5.51. The fourth-order valence-electron chi connectivity index (χ4n) is 1.17. The van der Waals surface area contributed by atoms with E-state index in [2.05, 4.69) is 0 Å². The van der Waals surface area contributed by atoms with Crippen LogP contribution >= 0.6 is 0 Å². The maximum atomic E-state index is 10.0. The fourth-order valence-corrected chi connectivity index (χ4v) is 1.17. The Balaban J connectivity index is 2.53. The molecule has 0 aliphatic rings. The van der Waals surface area contributed by atoms with Gasteiger partial charge in [0.2, 0.25) is 0 Å². The minimum atomic E-state index is 0.490. The Bertz CT molecular complexity index is 316. The second-order valence-corrected chi connectivity index (χ2v) is 2.93. The predicted molar refractivity (Wildman–Crippen MR) is 56.5 cm³/mol. The summed E-state index contributed by atoms with van der Waals surface area (Å²) in [6.45, 7) is 0. The van der Waals surface area contributed by atoms with E-state index in [1.807, 2.05) is 36.4 Å². The lowest BCUT2D eigenvalue weighted by molar-refractivity contribution is -0.107. The summed E-state index contributed by atoms with van der Waals surface area (Å²) in [5.41, 5.74) is 1.19. The third kappa shape index (κ3) is 3.44. The lowest BCUT2D eigenvalue weighted by atomic mass is 10.1. The van der Waals surface area contributed by atoms with E-state index in [1.54, 1.807) is 7.11 Å². The Morgan fingerprint density at radius 1 is 1.36 bits per heavy atom. The molecule has 74 valence electrons. The number of carbonyl (C=O) groups excluding carboxylic acids is 1. The number of methoxy groups -OCH3 is 1. The van der Waals surface area contributed by atoms with Crippen LogP contribution in [0.3, 0.4) is 0 Å². The summed E-state index contributed by atoms with van der Waals surface area (Å²) in [6, 6.07) is 7.90. The monoisotopic (exact) mass is 190 g/mol. The normalized spacial score (nSPS) is 10.4. The molecule has 1 rings (SSSR count). The Labute approximate surface area is 84.2 Å². The molecule has 0 amide bonds. The van der Waals surface area contributed by atoms with Crippen LogP contribution in [0.4, 0.5) is 0 Å². The molecule has 0 spiro atoms. The van der Waals surface area contributed by atoms with Gasteiger partial charge in [-0.3, -0.25) is 0 Å². The van der Waals surface area contributed by atoms with Gasteiger partial charge in [-0.2, -0.15) is 0 Å². The number of allylic oxidation sites excluding steroid dienone is 2. The van der Waals surface area contributed by atoms with Crippen LogP contribution in [0, 0.1) is 0 Å². The molecule has 0 radical (unpaired) electrons. The largest absolute Gasteiger partial charge is 0.497 e. The molecular formula is C12H14O2. The summed E-state index contributed by atoms with van der Waals surface area (Å²) in [5, 5.41) is 0. The molecule has 0 aromatic heterocycles. The summed E-state index contributed by atoms with van der Waals surface area (Å²) >= 11 is 0. The van der Waals surface area contributed by atoms with Crippen LogP contribution in [0.15, 0.2) is 36.4 Å². The van der Waals surface area contributed by atoms with Gasteiger partial charge in [-0.05, 0) is 24.1 Å². The van der Waals surface area contributed by atoms with E-state index in [4.69, 9.17) is 4.74 Å². The average molecular weight is 190 g/mol. The molecule has 1 aromatic rings. The van der Waals surface area contributed by atoms with Crippen molar-refractivity contribution in [1.82, 2.24) is 0 Å². The van der Waals surface area contributed by atoms with Gasteiger partial charge in [-0.15, -0.1) is 0 Å². The summed E-state index contributed by atoms with van der Waals surface area (Å²) in [6.07, 6.45) is 6.08. The van der Waals surface area contributed by atoms with Gasteiger partial charge in [0.05, 0.1) is 7.11 Å². The van der Waals surface area contributed by atoms with Crippen molar-refractivity contribution in [3.63, 3.8) is 0 Å². The second kappa shape index (κ2) is 5.97. The highest BCUT2D eigenvalue weighted by Crippen LogP contribution is 2.13. The fraction of sp³-hybridized carbons (Fsp3) is 0.250. The van der Waals surface area contributed by atoms with Crippen LogP contribution < -0.4 is 4.74 Å². The summed E-state index contributed by atoms with van der Waals surface area (Å²) in [5.74, 6) is 0.867. The molecule has 14 heavy (non-hydrogen) atoms.